The molecule has 2 heterocycles. The predicted octanol–water partition coefficient (Wildman–Crippen LogP) is 2.65. The molecule has 2 saturated heterocycles. The molecule has 0 aromatic heterocycles. The molecule has 0 radical (unpaired) electrons. The Morgan fingerprint density at radius 3 is 2.63 bits per heavy atom. The van der Waals surface area contributed by atoms with Crippen molar-refractivity contribution in [1.82, 2.24) is 9.80 Å². The van der Waals surface area contributed by atoms with Crippen LogP contribution in [-0.4, -0.2) is 47.9 Å². The number of hydrogen-bond donors (Lipinski definition) is 0. The van der Waals surface area contributed by atoms with Crippen LogP contribution in [0.1, 0.15) is 57.8 Å². The molecule has 3 nitrogen and oxygen atoms in total. The van der Waals surface area contributed by atoms with E-state index in [9.17, 15) is 4.79 Å². The number of hydrogen-bond acceptors (Lipinski definition) is 2. The summed E-state index contributed by atoms with van der Waals surface area (Å²) < 4.78 is 0. The Morgan fingerprint density at radius 2 is 1.79 bits per heavy atom. The quantitative estimate of drug-likeness (QED) is 0.782. The van der Waals surface area contributed by atoms with Gasteiger partial charge in [-0.15, -0.1) is 0 Å². The van der Waals surface area contributed by atoms with Gasteiger partial charge in [0.05, 0.1) is 0 Å². The van der Waals surface area contributed by atoms with E-state index in [0.29, 0.717) is 11.9 Å². The first-order valence-electron chi connectivity index (χ1n) is 8.35. The van der Waals surface area contributed by atoms with Crippen LogP contribution in [0.2, 0.25) is 0 Å². The molecular weight excluding hydrogens is 236 g/mol. The summed E-state index contributed by atoms with van der Waals surface area (Å²) in [6.45, 7) is 4.35. The maximum absolute atomic E-state index is 12.3. The van der Waals surface area contributed by atoms with Gasteiger partial charge in [-0.2, -0.15) is 0 Å². The third kappa shape index (κ3) is 3.31. The number of amides is 1. The van der Waals surface area contributed by atoms with E-state index in [1.165, 1.54) is 51.5 Å². The second kappa shape index (κ2) is 6.25. The summed E-state index contributed by atoms with van der Waals surface area (Å²) in [5.74, 6) is 1.27. The van der Waals surface area contributed by atoms with Gasteiger partial charge in [0.15, 0.2) is 0 Å². The normalized spacial score (nSPS) is 29.5. The highest BCUT2D eigenvalue weighted by Gasteiger charge is 2.32. The topological polar surface area (TPSA) is 23.6 Å². The van der Waals surface area contributed by atoms with Crippen LogP contribution in [0.4, 0.5) is 0 Å². The zero-order chi connectivity index (χ0) is 13.1. The van der Waals surface area contributed by atoms with Crippen molar-refractivity contribution in [2.45, 2.75) is 63.8 Å². The van der Waals surface area contributed by atoms with Gasteiger partial charge in [-0.05, 0) is 31.7 Å². The molecule has 3 aliphatic rings. The molecule has 3 fully saturated rings. The highest BCUT2D eigenvalue weighted by molar-refractivity contribution is 5.76. The minimum absolute atomic E-state index is 0.428. The monoisotopic (exact) mass is 264 g/mol. The van der Waals surface area contributed by atoms with Crippen molar-refractivity contribution in [3.05, 3.63) is 0 Å². The summed E-state index contributed by atoms with van der Waals surface area (Å²) in [6.07, 6.45) is 11.5. The van der Waals surface area contributed by atoms with E-state index >= 15 is 0 Å². The average Bonchev–Trinajstić information content (AvgIpc) is 2.93. The van der Waals surface area contributed by atoms with E-state index in [2.05, 4.69) is 9.80 Å². The molecule has 0 aromatic carbocycles. The average molecular weight is 264 g/mol. The zero-order valence-corrected chi connectivity index (χ0v) is 12.1. The Hall–Kier alpha value is -0.570. The Kier molecular flexibility index (Phi) is 4.42. The Morgan fingerprint density at radius 1 is 0.947 bits per heavy atom. The first kappa shape index (κ1) is 13.4. The highest BCUT2D eigenvalue weighted by Crippen LogP contribution is 2.28. The fraction of sp³-hybridized carbons (Fsp3) is 0.938. The third-order valence-corrected chi connectivity index (χ3v) is 5.43. The van der Waals surface area contributed by atoms with Gasteiger partial charge in [0.1, 0.15) is 0 Å². The zero-order valence-electron chi connectivity index (χ0n) is 12.1. The molecule has 1 amide bonds. The van der Waals surface area contributed by atoms with Gasteiger partial charge in [-0.25, -0.2) is 0 Å². The maximum Gasteiger partial charge on any atom is 0.222 e. The number of nitrogens with zero attached hydrogens (tertiary/aromatic N) is 2. The first-order chi connectivity index (χ1) is 9.33. The molecule has 3 rings (SSSR count). The van der Waals surface area contributed by atoms with Crippen molar-refractivity contribution < 1.29 is 4.79 Å². The minimum Gasteiger partial charge on any atom is -0.340 e. The summed E-state index contributed by atoms with van der Waals surface area (Å²) in [6, 6.07) is 0.674. The fourth-order valence-corrected chi connectivity index (χ4v) is 4.18. The van der Waals surface area contributed by atoms with Crippen molar-refractivity contribution in [1.29, 1.82) is 0 Å². The van der Waals surface area contributed by atoms with E-state index in [1.54, 1.807) is 0 Å². The van der Waals surface area contributed by atoms with Crippen molar-refractivity contribution in [3.8, 4) is 0 Å². The van der Waals surface area contributed by atoms with Crippen LogP contribution < -0.4 is 0 Å². The van der Waals surface area contributed by atoms with Gasteiger partial charge in [0, 0.05) is 32.1 Å². The van der Waals surface area contributed by atoms with Crippen molar-refractivity contribution in [3.63, 3.8) is 0 Å². The van der Waals surface area contributed by atoms with Crippen LogP contribution in [0.25, 0.3) is 0 Å². The van der Waals surface area contributed by atoms with Gasteiger partial charge < -0.3 is 4.90 Å². The SMILES string of the molecule is O=C(CCC1CCCCC1)N1CCN2CCCC2C1. The molecule has 0 aromatic rings. The second-order valence-corrected chi connectivity index (χ2v) is 6.71. The van der Waals surface area contributed by atoms with Crippen LogP contribution in [0.5, 0.6) is 0 Å². The van der Waals surface area contributed by atoms with Gasteiger partial charge in [0.25, 0.3) is 0 Å². The lowest BCUT2D eigenvalue weighted by Crippen LogP contribution is -2.52. The minimum atomic E-state index is 0.428. The Labute approximate surface area is 117 Å². The molecule has 0 spiro atoms. The van der Waals surface area contributed by atoms with Gasteiger partial charge in [0.2, 0.25) is 5.91 Å². The number of fused-ring (bicyclic) bond motifs is 1. The smallest absolute Gasteiger partial charge is 0.222 e. The lowest BCUT2D eigenvalue weighted by Gasteiger charge is -2.37. The van der Waals surface area contributed by atoms with E-state index in [-0.39, 0.29) is 0 Å². The largest absolute Gasteiger partial charge is 0.340 e. The number of carbonyl (C=O) groups excluding carboxylic acids is 1. The van der Waals surface area contributed by atoms with Crippen molar-refractivity contribution in [2.75, 3.05) is 26.2 Å². The fourth-order valence-electron chi connectivity index (χ4n) is 4.18. The lowest BCUT2D eigenvalue weighted by atomic mass is 9.86. The summed E-state index contributed by atoms with van der Waals surface area (Å²) in [7, 11) is 0. The van der Waals surface area contributed by atoms with Crippen molar-refractivity contribution >= 4 is 5.91 Å². The number of piperazine rings is 1. The van der Waals surface area contributed by atoms with Gasteiger partial charge in [-0.3, -0.25) is 9.69 Å². The maximum atomic E-state index is 12.3. The third-order valence-electron chi connectivity index (χ3n) is 5.43. The molecule has 2 aliphatic heterocycles. The molecule has 3 heteroatoms. The Balaban J connectivity index is 1.42. The second-order valence-electron chi connectivity index (χ2n) is 6.71. The number of carbonyl (C=O) groups is 1. The molecule has 0 N–H and O–H groups in total. The summed E-state index contributed by atoms with van der Waals surface area (Å²) in [5.41, 5.74) is 0. The highest BCUT2D eigenvalue weighted by atomic mass is 16.2. The molecule has 108 valence electrons. The molecule has 1 unspecified atom stereocenters. The first-order valence-corrected chi connectivity index (χ1v) is 8.35. The van der Waals surface area contributed by atoms with E-state index < -0.39 is 0 Å². The van der Waals surface area contributed by atoms with E-state index in [0.717, 1.165) is 38.4 Å². The van der Waals surface area contributed by atoms with E-state index in [4.69, 9.17) is 0 Å². The standard InChI is InChI=1S/C16H28N2O/c19-16(9-8-14-5-2-1-3-6-14)18-12-11-17-10-4-7-15(17)13-18/h14-15H,1-13H2. The van der Waals surface area contributed by atoms with Gasteiger partial charge >= 0.3 is 0 Å². The molecule has 1 aliphatic carbocycles. The molecular formula is C16H28N2O. The van der Waals surface area contributed by atoms with Crippen LogP contribution >= 0.6 is 0 Å². The summed E-state index contributed by atoms with van der Waals surface area (Å²) in [4.78, 5) is 17.1. The lowest BCUT2D eigenvalue weighted by molar-refractivity contribution is -0.134. The van der Waals surface area contributed by atoms with Crippen LogP contribution in [0.3, 0.4) is 0 Å². The van der Waals surface area contributed by atoms with Crippen LogP contribution in [-0.2, 0) is 4.79 Å². The van der Waals surface area contributed by atoms with E-state index in [1.807, 2.05) is 0 Å². The summed E-state index contributed by atoms with van der Waals surface area (Å²) >= 11 is 0. The predicted molar refractivity (Wildman–Crippen MR) is 77.0 cm³/mol. The van der Waals surface area contributed by atoms with Crippen LogP contribution in [0.15, 0.2) is 0 Å². The summed E-state index contributed by atoms with van der Waals surface area (Å²) in [5, 5.41) is 0. The molecule has 1 saturated carbocycles. The van der Waals surface area contributed by atoms with Crippen LogP contribution in [0, 0.1) is 5.92 Å². The molecule has 0 bridgehead atoms. The van der Waals surface area contributed by atoms with Crippen molar-refractivity contribution in [2.24, 2.45) is 5.92 Å². The molecule has 19 heavy (non-hydrogen) atoms. The number of rotatable bonds is 3. The Bertz CT molecular complexity index is 312. The molecule has 1 atom stereocenters. The van der Waals surface area contributed by atoms with Gasteiger partial charge in [-0.1, -0.05) is 32.1 Å².